The summed E-state index contributed by atoms with van der Waals surface area (Å²) in [5.41, 5.74) is 1.48. The molecule has 7 heteroatoms. The van der Waals surface area contributed by atoms with E-state index in [0.717, 1.165) is 0 Å². The number of aliphatic imine (C=N–C) groups is 1. The number of carbonyl (C=O) groups excluding carboxylic acids is 1. The Morgan fingerprint density at radius 2 is 2.00 bits per heavy atom. The zero-order valence-electron chi connectivity index (χ0n) is 12.3. The van der Waals surface area contributed by atoms with Gasteiger partial charge in [-0.05, 0) is 18.2 Å². The van der Waals surface area contributed by atoms with Gasteiger partial charge >= 0.3 is 0 Å². The first-order valence-corrected chi connectivity index (χ1v) is 6.92. The van der Waals surface area contributed by atoms with E-state index >= 15 is 0 Å². The summed E-state index contributed by atoms with van der Waals surface area (Å²) in [5.74, 6) is -0.726. The Morgan fingerprint density at radius 1 is 1.26 bits per heavy atom. The first-order chi connectivity index (χ1) is 11.0. The minimum Gasteiger partial charge on any atom is -0.595 e. The summed E-state index contributed by atoms with van der Waals surface area (Å²) < 4.78 is 14.2. The molecule has 0 spiro atoms. The Morgan fingerprint density at radius 3 is 2.70 bits per heavy atom. The van der Waals surface area contributed by atoms with E-state index < -0.39 is 11.0 Å². The fourth-order valence-corrected chi connectivity index (χ4v) is 2.51. The number of hydrogen-bond acceptors (Lipinski definition) is 4. The van der Waals surface area contributed by atoms with Crippen molar-refractivity contribution in [3.63, 3.8) is 0 Å². The molecule has 2 N–H and O–H groups in total. The number of benzodiazepines with no additional fused rings is 1. The second kappa shape index (κ2) is 5.88. The van der Waals surface area contributed by atoms with Gasteiger partial charge in [0.05, 0.1) is 11.4 Å². The highest BCUT2D eigenvalue weighted by molar-refractivity contribution is 6.19. The van der Waals surface area contributed by atoms with E-state index in [1.54, 1.807) is 31.3 Å². The quantitative estimate of drug-likeness (QED) is 0.813. The van der Waals surface area contributed by atoms with E-state index in [1.165, 1.54) is 23.1 Å². The SMILES string of the molecule is CN1C(=O)CN=C(c2ccccc2F)c2cc([NH+]([O-])O)ccc21. The molecule has 1 aliphatic heterocycles. The van der Waals surface area contributed by atoms with Crippen LogP contribution in [0.3, 0.4) is 0 Å². The molecule has 23 heavy (non-hydrogen) atoms. The molecule has 0 radical (unpaired) electrons. The number of amides is 1. The fraction of sp³-hybridized carbons (Fsp3) is 0.125. The number of nitrogens with zero attached hydrogens (tertiary/aromatic N) is 2. The maximum absolute atomic E-state index is 14.2. The highest BCUT2D eigenvalue weighted by Gasteiger charge is 2.25. The summed E-state index contributed by atoms with van der Waals surface area (Å²) >= 11 is 0. The molecule has 3 rings (SSSR count). The Labute approximate surface area is 131 Å². The van der Waals surface area contributed by atoms with Crippen LogP contribution < -0.4 is 10.1 Å². The normalized spacial score (nSPS) is 15.7. The summed E-state index contributed by atoms with van der Waals surface area (Å²) in [5, 5.41) is 19.3. The van der Waals surface area contributed by atoms with Crippen LogP contribution in [0, 0.1) is 11.0 Å². The third kappa shape index (κ3) is 2.72. The molecule has 1 unspecified atom stereocenters. The molecular weight excluding hydrogens is 301 g/mol. The van der Waals surface area contributed by atoms with E-state index in [-0.39, 0.29) is 29.4 Å². The van der Waals surface area contributed by atoms with Crippen molar-refractivity contribution in [2.75, 3.05) is 18.5 Å². The highest BCUT2D eigenvalue weighted by atomic mass is 19.1. The van der Waals surface area contributed by atoms with Crippen LogP contribution in [0.1, 0.15) is 11.1 Å². The van der Waals surface area contributed by atoms with Gasteiger partial charge in [-0.2, -0.15) is 5.23 Å². The molecule has 0 saturated carbocycles. The number of likely N-dealkylation sites (N-methyl/N-ethyl adjacent to an activating group) is 1. The van der Waals surface area contributed by atoms with Crippen LogP contribution in [-0.4, -0.2) is 30.4 Å². The van der Waals surface area contributed by atoms with E-state index in [2.05, 4.69) is 4.99 Å². The molecular formula is C16H14FN3O3. The minimum atomic E-state index is -1.10. The van der Waals surface area contributed by atoms with Gasteiger partial charge in [0.25, 0.3) is 0 Å². The lowest BCUT2D eigenvalue weighted by atomic mass is 9.99. The van der Waals surface area contributed by atoms with Crippen LogP contribution in [0.5, 0.6) is 0 Å². The Hall–Kier alpha value is -2.61. The molecule has 0 fully saturated rings. The molecule has 0 aromatic heterocycles. The van der Waals surface area contributed by atoms with Crippen LogP contribution in [0.2, 0.25) is 0 Å². The summed E-state index contributed by atoms with van der Waals surface area (Å²) in [6.07, 6.45) is 0. The maximum atomic E-state index is 14.2. The monoisotopic (exact) mass is 315 g/mol. The third-order valence-electron chi connectivity index (χ3n) is 3.74. The third-order valence-corrected chi connectivity index (χ3v) is 3.74. The summed E-state index contributed by atoms with van der Waals surface area (Å²) in [6.45, 7) is -0.128. The number of benzene rings is 2. The van der Waals surface area contributed by atoms with Crippen LogP contribution in [0.15, 0.2) is 47.5 Å². The molecule has 0 saturated heterocycles. The van der Waals surface area contributed by atoms with Crippen molar-refractivity contribution in [2.24, 2.45) is 4.99 Å². The summed E-state index contributed by atoms with van der Waals surface area (Å²) in [6, 6.07) is 10.4. The van der Waals surface area contributed by atoms with Crippen molar-refractivity contribution in [2.45, 2.75) is 0 Å². The van der Waals surface area contributed by atoms with Gasteiger partial charge in [-0.25, -0.2) is 9.60 Å². The predicted octanol–water partition coefficient (Wildman–Crippen LogP) is 1.04. The van der Waals surface area contributed by atoms with Gasteiger partial charge in [-0.15, -0.1) is 0 Å². The lowest BCUT2D eigenvalue weighted by Crippen LogP contribution is -2.99. The van der Waals surface area contributed by atoms with Crippen molar-refractivity contribution < 1.29 is 19.6 Å². The fourth-order valence-electron chi connectivity index (χ4n) is 2.51. The van der Waals surface area contributed by atoms with Crippen molar-refractivity contribution in [1.82, 2.24) is 0 Å². The number of anilines is 1. The van der Waals surface area contributed by atoms with Gasteiger partial charge in [-0.1, -0.05) is 12.1 Å². The van der Waals surface area contributed by atoms with Crippen molar-refractivity contribution in [3.05, 3.63) is 64.6 Å². The first-order valence-electron chi connectivity index (χ1n) is 6.92. The molecule has 118 valence electrons. The van der Waals surface area contributed by atoms with Crippen molar-refractivity contribution in [3.8, 4) is 0 Å². The smallest absolute Gasteiger partial charge is 0.248 e. The Bertz CT molecular complexity index is 805. The number of carbonyl (C=O) groups is 1. The molecule has 0 bridgehead atoms. The van der Waals surface area contributed by atoms with Gasteiger partial charge in [0.1, 0.15) is 12.4 Å². The Kier molecular flexibility index (Phi) is 3.91. The van der Waals surface area contributed by atoms with Crippen molar-refractivity contribution >= 4 is 23.0 Å². The second-order valence-corrected chi connectivity index (χ2v) is 5.13. The topological polar surface area (TPSA) is 80.4 Å². The average Bonchev–Trinajstić information content (AvgIpc) is 2.66. The predicted molar refractivity (Wildman–Crippen MR) is 82.5 cm³/mol. The van der Waals surface area contributed by atoms with Crippen molar-refractivity contribution in [1.29, 1.82) is 0 Å². The average molecular weight is 315 g/mol. The number of rotatable bonds is 2. The van der Waals surface area contributed by atoms with Crippen LogP contribution in [-0.2, 0) is 4.79 Å². The van der Waals surface area contributed by atoms with Crippen LogP contribution in [0.4, 0.5) is 15.8 Å². The Balaban J connectivity index is 2.25. The van der Waals surface area contributed by atoms with Gasteiger partial charge in [-0.3, -0.25) is 9.79 Å². The zero-order valence-corrected chi connectivity index (χ0v) is 12.3. The molecule has 2 aromatic rings. The van der Waals surface area contributed by atoms with Gasteiger partial charge in [0.15, 0.2) is 5.69 Å². The van der Waals surface area contributed by atoms with Gasteiger partial charge in [0.2, 0.25) is 5.91 Å². The number of hydrogen-bond donors (Lipinski definition) is 2. The second-order valence-electron chi connectivity index (χ2n) is 5.13. The molecule has 1 amide bonds. The summed E-state index contributed by atoms with van der Waals surface area (Å²) in [4.78, 5) is 17.7. The molecule has 6 nitrogen and oxygen atoms in total. The first kappa shape index (κ1) is 15.3. The zero-order chi connectivity index (χ0) is 16.6. The number of halogens is 1. The molecule has 2 aromatic carbocycles. The van der Waals surface area contributed by atoms with Gasteiger partial charge in [0, 0.05) is 30.3 Å². The highest BCUT2D eigenvalue weighted by Crippen LogP contribution is 2.28. The van der Waals surface area contributed by atoms with E-state index in [0.29, 0.717) is 11.3 Å². The standard InChI is InChI=1S/C16H14FN3O3/c1-19-14-7-6-10(20(22)23)8-12(14)16(18-9-15(19)21)11-4-2-3-5-13(11)17/h2-8,20,22H,9H2,1H3. The minimum absolute atomic E-state index is 0.0514. The van der Waals surface area contributed by atoms with Gasteiger partial charge < -0.3 is 10.1 Å². The van der Waals surface area contributed by atoms with E-state index in [9.17, 15) is 19.6 Å². The number of fused-ring (bicyclic) bond motifs is 1. The van der Waals surface area contributed by atoms with Crippen LogP contribution in [0.25, 0.3) is 0 Å². The number of quaternary nitrogens is 1. The maximum Gasteiger partial charge on any atom is 0.248 e. The molecule has 0 aliphatic carbocycles. The largest absolute Gasteiger partial charge is 0.595 e. The number of nitrogens with one attached hydrogen (secondary N) is 1. The van der Waals surface area contributed by atoms with E-state index in [4.69, 9.17) is 0 Å². The van der Waals surface area contributed by atoms with Crippen LogP contribution >= 0.6 is 0 Å². The van der Waals surface area contributed by atoms with E-state index in [1.807, 2.05) is 0 Å². The lowest BCUT2D eigenvalue weighted by Gasteiger charge is -2.20. The molecule has 1 atom stereocenters. The molecule has 1 aliphatic rings. The molecule has 1 heterocycles. The lowest BCUT2D eigenvalue weighted by molar-refractivity contribution is -0.991. The summed E-state index contributed by atoms with van der Waals surface area (Å²) in [7, 11) is 1.58.